The first kappa shape index (κ1) is 18.5. The highest BCUT2D eigenvalue weighted by Gasteiger charge is 2.20. The Labute approximate surface area is 159 Å². The van der Waals surface area contributed by atoms with Gasteiger partial charge in [0.25, 0.3) is 0 Å². The van der Waals surface area contributed by atoms with E-state index in [-0.39, 0.29) is 17.5 Å². The van der Waals surface area contributed by atoms with Crippen LogP contribution in [0.1, 0.15) is 35.4 Å². The second kappa shape index (κ2) is 8.36. The molecule has 0 radical (unpaired) electrons. The van der Waals surface area contributed by atoms with E-state index in [9.17, 15) is 4.79 Å². The molecule has 0 aliphatic rings. The number of pyridine rings is 1. The van der Waals surface area contributed by atoms with Gasteiger partial charge in [-0.3, -0.25) is 4.79 Å². The Morgan fingerprint density at radius 2 is 1.56 bits per heavy atom. The molecular formula is C22H24N4O. The van der Waals surface area contributed by atoms with Crippen LogP contribution >= 0.6 is 0 Å². The summed E-state index contributed by atoms with van der Waals surface area (Å²) < 4.78 is 0. The van der Waals surface area contributed by atoms with E-state index >= 15 is 0 Å². The predicted octanol–water partition coefficient (Wildman–Crippen LogP) is 3.55. The number of carbonyl (C=O) groups excluding carboxylic acids is 1. The minimum atomic E-state index is -0.0708. The molecule has 6 N–H and O–H groups in total. The zero-order valence-electron chi connectivity index (χ0n) is 15.1. The Balaban J connectivity index is 1.83. The van der Waals surface area contributed by atoms with E-state index in [0.717, 1.165) is 16.7 Å². The van der Waals surface area contributed by atoms with Gasteiger partial charge in [0.2, 0.25) is 0 Å². The van der Waals surface area contributed by atoms with Gasteiger partial charge in [-0.1, -0.05) is 60.7 Å². The summed E-state index contributed by atoms with van der Waals surface area (Å²) in [7, 11) is 0. The minimum Gasteiger partial charge on any atom is -0.396 e. The third-order valence-electron chi connectivity index (χ3n) is 4.67. The van der Waals surface area contributed by atoms with E-state index in [1.165, 1.54) is 0 Å². The summed E-state index contributed by atoms with van der Waals surface area (Å²) in [6, 6.07) is 21.5. The molecule has 138 valence electrons. The van der Waals surface area contributed by atoms with Gasteiger partial charge in [0.1, 0.15) is 17.4 Å². The summed E-state index contributed by atoms with van der Waals surface area (Å²) in [4.78, 5) is 16.5. The second-order valence-electron chi connectivity index (χ2n) is 6.64. The summed E-state index contributed by atoms with van der Waals surface area (Å²) in [5.41, 5.74) is 21.3. The Bertz CT molecular complexity index is 910. The molecule has 3 aromatic rings. The molecule has 1 aromatic heterocycles. The fourth-order valence-electron chi connectivity index (χ4n) is 3.31. The monoisotopic (exact) mass is 360 g/mol. The number of rotatable bonds is 7. The van der Waals surface area contributed by atoms with Crippen LogP contribution in [-0.4, -0.2) is 10.8 Å². The van der Waals surface area contributed by atoms with Crippen LogP contribution in [0.25, 0.3) is 0 Å². The molecule has 1 heterocycles. The molecule has 0 amide bonds. The molecule has 27 heavy (non-hydrogen) atoms. The third kappa shape index (κ3) is 4.64. The highest BCUT2D eigenvalue weighted by Crippen LogP contribution is 2.35. The summed E-state index contributed by atoms with van der Waals surface area (Å²) in [5.74, 6) is 0.670. The van der Waals surface area contributed by atoms with Gasteiger partial charge in [-0.25, -0.2) is 4.98 Å². The van der Waals surface area contributed by atoms with E-state index in [2.05, 4.69) is 4.98 Å². The molecule has 5 nitrogen and oxygen atoms in total. The van der Waals surface area contributed by atoms with Crippen LogP contribution in [0.4, 0.5) is 17.3 Å². The number of carbonyl (C=O) groups is 1. The molecule has 5 heteroatoms. The molecular weight excluding hydrogens is 336 g/mol. The zero-order chi connectivity index (χ0) is 19.2. The molecule has 1 unspecified atom stereocenters. The lowest BCUT2D eigenvalue weighted by molar-refractivity contribution is -0.118. The van der Waals surface area contributed by atoms with Crippen molar-refractivity contribution in [2.45, 2.75) is 25.2 Å². The van der Waals surface area contributed by atoms with Gasteiger partial charge in [0.15, 0.2) is 0 Å². The summed E-state index contributed by atoms with van der Waals surface area (Å²) >= 11 is 0. The molecule has 2 aromatic carbocycles. The Morgan fingerprint density at radius 3 is 2.22 bits per heavy atom. The summed E-state index contributed by atoms with van der Waals surface area (Å²) in [5, 5.41) is 0. The maximum atomic E-state index is 12.5. The third-order valence-corrected chi connectivity index (χ3v) is 4.67. The number of anilines is 3. The largest absolute Gasteiger partial charge is 0.396 e. The fraction of sp³-hybridized carbons (Fsp3) is 0.182. The average molecular weight is 360 g/mol. The van der Waals surface area contributed by atoms with E-state index in [0.29, 0.717) is 30.8 Å². The van der Waals surface area contributed by atoms with E-state index in [4.69, 9.17) is 17.2 Å². The normalized spacial score (nSPS) is 11.9. The molecule has 0 spiro atoms. The summed E-state index contributed by atoms with van der Waals surface area (Å²) in [6.45, 7) is 0. The van der Waals surface area contributed by atoms with Crippen LogP contribution in [-0.2, 0) is 11.2 Å². The average Bonchev–Trinajstić information content (AvgIpc) is 2.67. The SMILES string of the molecule is Nc1cc(C(CCC(=O)Cc2ccccc2)c2ccccc2)c(N)c(N)n1. The fourth-order valence-corrected chi connectivity index (χ4v) is 3.31. The Morgan fingerprint density at radius 1 is 0.926 bits per heavy atom. The number of nitrogens with zero attached hydrogens (tertiary/aromatic N) is 1. The number of hydrogen-bond donors (Lipinski definition) is 3. The number of benzene rings is 2. The van der Waals surface area contributed by atoms with Gasteiger partial charge < -0.3 is 17.2 Å². The van der Waals surface area contributed by atoms with E-state index in [1.54, 1.807) is 6.07 Å². The second-order valence-corrected chi connectivity index (χ2v) is 6.64. The van der Waals surface area contributed by atoms with Crippen molar-refractivity contribution in [1.82, 2.24) is 4.98 Å². The first-order chi connectivity index (χ1) is 13.0. The standard InChI is InChI=1S/C22H24N4O/c23-20-14-19(21(24)22(25)26-20)18(16-9-5-2-6-10-16)12-11-17(27)13-15-7-3-1-4-8-15/h1-10,14,18H,11-13,24H2,(H4,23,25,26). The lowest BCUT2D eigenvalue weighted by Gasteiger charge is -2.20. The van der Waals surface area contributed by atoms with Crippen molar-refractivity contribution >= 4 is 23.1 Å². The van der Waals surface area contributed by atoms with Gasteiger partial charge in [0.05, 0.1) is 5.69 Å². The number of Topliss-reactive ketones (excluding diaryl/α,β-unsaturated/α-hetero) is 1. The predicted molar refractivity (Wildman–Crippen MR) is 110 cm³/mol. The molecule has 3 rings (SSSR count). The van der Waals surface area contributed by atoms with Crippen molar-refractivity contribution in [3.8, 4) is 0 Å². The maximum Gasteiger partial charge on any atom is 0.149 e. The molecule has 0 aliphatic heterocycles. The molecule has 1 atom stereocenters. The van der Waals surface area contributed by atoms with Crippen LogP contribution in [0.5, 0.6) is 0 Å². The smallest absolute Gasteiger partial charge is 0.149 e. The number of aromatic nitrogens is 1. The molecule has 0 fully saturated rings. The zero-order valence-corrected chi connectivity index (χ0v) is 15.1. The lowest BCUT2D eigenvalue weighted by Crippen LogP contribution is -2.12. The van der Waals surface area contributed by atoms with Crippen molar-refractivity contribution in [2.75, 3.05) is 17.2 Å². The van der Waals surface area contributed by atoms with Gasteiger partial charge in [0, 0.05) is 18.8 Å². The number of nitrogen functional groups attached to an aromatic ring is 3. The number of ketones is 1. The van der Waals surface area contributed by atoms with Gasteiger partial charge in [-0.2, -0.15) is 0 Å². The summed E-state index contributed by atoms with van der Waals surface area (Å²) in [6.07, 6.45) is 1.50. The highest BCUT2D eigenvalue weighted by atomic mass is 16.1. The van der Waals surface area contributed by atoms with Crippen molar-refractivity contribution in [3.05, 3.63) is 83.4 Å². The molecule has 0 bridgehead atoms. The van der Waals surface area contributed by atoms with Crippen molar-refractivity contribution in [1.29, 1.82) is 0 Å². The van der Waals surface area contributed by atoms with Crippen LogP contribution < -0.4 is 17.2 Å². The first-order valence-electron chi connectivity index (χ1n) is 8.96. The molecule has 0 aliphatic carbocycles. The molecule has 0 saturated carbocycles. The van der Waals surface area contributed by atoms with Crippen LogP contribution in [0, 0.1) is 0 Å². The topological polar surface area (TPSA) is 108 Å². The molecule has 0 saturated heterocycles. The maximum absolute atomic E-state index is 12.5. The van der Waals surface area contributed by atoms with Crippen LogP contribution in [0.3, 0.4) is 0 Å². The highest BCUT2D eigenvalue weighted by molar-refractivity contribution is 5.81. The number of hydrogen-bond acceptors (Lipinski definition) is 5. The Kier molecular flexibility index (Phi) is 5.71. The minimum absolute atomic E-state index is 0.0708. The lowest BCUT2D eigenvalue weighted by atomic mass is 9.85. The van der Waals surface area contributed by atoms with Gasteiger partial charge in [-0.15, -0.1) is 0 Å². The first-order valence-corrected chi connectivity index (χ1v) is 8.96. The van der Waals surface area contributed by atoms with E-state index < -0.39 is 0 Å². The van der Waals surface area contributed by atoms with Crippen molar-refractivity contribution in [2.24, 2.45) is 0 Å². The van der Waals surface area contributed by atoms with Crippen LogP contribution in [0.15, 0.2) is 66.7 Å². The van der Waals surface area contributed by atoms with Gasteiger partial charge in [-0.05, 0) is 29.2 Å². The number of nitrogens with two attached hydrogens (primary N) is 3. The van der Waals surface area contributed by atoms with E-state index in [1.807, 2.05) is 60.7 Å². The quantitative estimate of drug-likeness (QED) is 0.597. The Hall–Kier alpha value is -3.34. The van der Waals surface area contributed by atoms with Gasteiger partial charge >= 0.3 is 0 Å². The van der Waals surface area contributed by atoms with Crippen molar-refractivity contribution < 1.29 is 4.79 Å². The van der Waals surface area contributed by atoms with Crippen LogP contribution in [0.2, 0.25) is 0 Å². The van der Waals surface area contributed by atoms with Crippen molar-refractivity contribution in [3.63, 3.8) is 0 Å².